The Morgan fingerprint density at radius 1 is 1.30 bits per heavy atom. The van der Waals surface area contributed by atoms with Gasteiger partial charge in [-0.15, -0.1) is 5.10 Å². The summed E-state index contributed by atoms with van der Waals surface area (Å²) in [6, 6.07) is 7.88. The highest BCUT2D eigenvalue weighted by molar-refractivity contribution is 5.91. The molecular weight excluding hydrogens is 382 g/mol. The number of benzene rings is 1. The number of amides is 2. The zero-order chi connectivity index (χ0) is 21.5. The summed E-state index contributed by atoms with van der Waals surface area (Å²) in [4.78, 5) is 27.0. The average molecular weight is 414 g/mol. The van der Waals surface area contributed by atoms with Crippen molar-refractivity contribution in [3.63, 3.8) is 0 Å². The quantitative estimate of drug-likeness (QED) is 0.718. The number of aryl methyl sites for hydroxylation is 1. The molecule has 0 aliphatic carbocycles. The Hall–Kier alpha value is -2.90. The number of rotatable bonds is 8. The van der Waals surface area contributed by atoms with Crippen LogP contribution in [-0.2, 0) is 17.8 Å². The van der Waals surface area contributed by atoms with E-state index in [2.05, 4.69) is 15.6 Å². The van der Waals surface area contributed by atoms with Crippen molar-refractivity contribution >= 4 is 11.8 Å². The van der Waals surface area contributed by atoms with Gasteiger partial charge in [0.1, 0.15) is 5.75 Å². The Balaban J connectivity index is 1.58. The number of methoxy groups -OCH3 is 1. The average Bonchev–Trinajstić information content (AvgIpc) is 3.21. The van der Waals surface area contributed by atoms with Crippen LogP contribution in [-0.4, -0.2) is 57.4 Å². The molecule has 1 aromatic carbocycles. The van der Waals surface area contributed by atoms with E-state index < -0.39 is 0 Å². The highest BCUT2D eigenvalue weighted by Gasteiger charge is 2.26. The van der Waals surface area contributed by atoms with E-state index in [9.17, 15) is 9.59 Å². The van der Waals surface area contributed by atoms with Crippen molar-refractivity contribution in [1.82, 2.24) is 25.2 Å². The molecule has 1 saturated heterocycles. The van der Waals surface area contributed by atoms with Gasteiger partial charge < -0.3 is 15.0 Å². The Bertz CT molecular complexity index is 864. The second kappa shape index (κ2) is 10.2. The van der Waals surface area contributed by atoms with E-state index in [1.807, 2.05) is 43.0 Å². The first-order valence-corrected chi connectivity index (χ1v) is 10.6. The van der Waals surface area contributed by atoms with Crippen LogP contribution in [0.3, 0.4) is 0 Å². The molecule has 0 spiro atoms. The summed E-state index contributed by atoms with van der Waals surface area (Å²) in [5.41, 5.74) is 1.28. The smallest absolute Gasteiger partial charge is 0.273 e. The maximum Gasteiger partial charge on any atom is 0.273 e. The zero-order valence-electron chi connectivity index (χ0n) is 18.0. The van der Waals surface area contributed by atoms with Gasteiger partial charge in [-0.2, -0.15) is 0 Å². The molecule has 0 bridgehead atoms. The number of hydrogen-bond acceptors (Lipinski definition) is 5. The van der Waals surface area contributed by atoms with Crippen LogP contribution in [0, 0.1) is 0 Å². The molecule has 1 aromatic heterocycles. The fourth-order valence-electron chi connectivity index (χ4n) is 3.82. The Morgan fingerprint density at radius 2 is 2.13 bits per heavy atom. The predicted octanol–water partition coefficient (Wildman–Crippen LogP) is 2.44. The monoisotopic (exact) mass is 413 g/mol. The summed E-state index contributed by atoms with van der Waals surface area (Å²) in [5.74, 6) is 0.687. The van der Waals surface area contributed by atoms with Crippen LogP contribution in [0.15, 0.2) is 30.5 Å². The van der Waals surface area contributed by atoms with Gasteiger partial charge in [0.2, 0.25) is 5.91 Å². The van der Waals surface area contributed by atoms with E-state index in [0.29, 0.717) is 18.7 Å². The number of ether oxygens (including phenoxy) is 1. The number of likely N-dealkylation sites (tertiary alicyclic amines) is 1. The van der Waals surface area contributed by atoms with Crippen molar-refractivity contribution in [3.05, 3.63) is 41.7 Å². The van der Waals surface area contributed by atoms with Crippen molar-refractivity contribution in [2.45, 2.75) is 64.6 Å². The van der Waals surface area contributed by atoms with Gasteiger partial charge in [-0.25, -0.2) is 0 Å². The number of nitrogens with zero attached hydrogens (tertiary/aromatic N) is 4. The number of nitrogens with one attached hydrogen (secondary N) is 1. The number of aromatic nitrogens is 3. The first-order valence-electron chi connectivity index (χ1n) is 10.6. The van der Waals surface area contributed by atoms with Crippen molar-refractivity contribution < 1.29 is 14.3 Å². The molecule has 1 N–H and O–H groups in total. The lowest BCUT2D eigenvalue weighted by molar-refractivity contribution is -0.134. The molecule has 8 heteroatoms. The summed E-state index contributed by atoms with van der Waals surface area (Å²) in [5, 5.41) is 10.9. The molecule has 2 aromatic rings. The summed E-state index contributed by atoms with van der Waals surface area (Å²) in [6.07, 6.45) is 5.97. The van der Waals surface area contributed by atoms with E-state index in [4.69, 9.17) is 4.74 Å². The van der Waals surface area contributed by atoms with Crippen molar-refractivity contribution in [3.8, 4) is 5.75 Å². The lowest BCUT2D eigenvalue weighted by Gasteiger charge is -2.36. The third-order valence-electron chi connectivity index (χ3n) is 5.32. The molecule has 2 heterocycles. The summed E-state index contributed by atoms with van der Waals surface area (Å²) in [6.45, 7) is 5.22. The Morgan fingerprint density at radius 3 is 2.90 bits per heavy atom. The van der Waals surface area contributed by atoms with E-state index in [-0.39, 0.29) is 23.9 Å². The molecule has 2 amide bonds. The Kier molecular flexibility index (Phi) is 7.43. The molecule has 1 atom stereocenters. The van der Waals surface area contributed by atoms with Crippen LogP contribution < -0.4 is 10.1 Å². The summed E-state index contributed by atoms with van der Waals surface area (Å²) in [7, 11) is 1.63. The minimum absolute atomic E-state index is 0.0500. The minimum atomic E-state index is -0.219. The minimum Gasteiger partial charge on any atom is -0.497 e. The Labute approximate surface area is 177 Å². The van der Waals surface area contributed by atoms with Crippen LogP contribution in [0.5, 0.6) is 5.75 Å². The number of hydrogen-bond donors (Lipinski definition) is 1. The first-order chi connectivity index (χ1) is 14.5. The van der Waals surface area contributed by atoms with E-state index in [1.54, 1.807) is 18.0 Å². The molecule has 0 saturated carbocycles. The second-order valence-electron chi connectivity index (χ2n) is 8.05. The molecule has 1 aliphatic heterocycles. The van der Waals surface area contributed by atoms with Gasteiger partial charge >= 0.3 is 0 Å². The maximum absolute atomic E-state index is 13.0. The first kappa shape index (κ1) is 21.8. The summed E-state index contributed by atoms with van der Waals surface area (Å²) >= 11 is 0. The predicted molar refractivity (Wildman–Crippen MR) is 113 cm³/mol. The SMILES string of the molecule is COc1cccc(CC(=O)N2CCCC[C@@H]2CCn2cc(C(=O)NC(C)C)nn2)c1. The molecule has 1 aliphatic rings. The largest absolute Gasteiger partial charge is 0.497 e. The van der Waals surface area contributed by atoms with Gasteiger partial charge in [-0.1, -0.05) is 17.3 Å². The van der Waals surface area contributed by atoms with Crippen molar-refractivity contribution in [2.24, 2.45) is 0 Å². The van der Waals surface area contributed by atoms with Gasteiger partial charge in [-0.3, -0.25) is 14.3 Å². The second-order valence-corrected chi connectivity index (χ2v) is 8.05. The fourth-order valence-corrected chi connectivity index (χ4v) is 3.82. The van der Waals surface area contributed by atoms with Gasteiger partial charge in [0.15, 0.2) is 5.69 Å². The van der Waals surface area contributed by atoms with Gasteiger partial charge in [0.25, 0.3) is 5.91 Å². The normalized spacial score (nSPS) is 16.5. The lowest BCUT2D eigenvalue weighted by atomic mass is 9.98. The summed E-state index contributed by atoms with van der Waals surface area (Å²) < 4.78 is 6.95. The maximum atomic E-state index is 13.0. The third-order valence-corrected chi connectivity index (χ3v) is 5.32. The lowest BCUT2D eigenvalue weighted by Crippen LogP contribution is -2.44. The van der Waals surface area contributed by atoms with E-state index >= 15 is 0 Å². The molecular formula is C22H31N5O3. The van der Waals surface area contributed by atoms with Gasteiger partial charge in [0.05, 0.1) is 19.7 Å². The molecule has 8 nitrogen and oxygen atoms in total. The standard InChI is InChI=1S/C22H31N5O3/c1-16(2)23-22(29)20-15-26(25-24-20)12-10-18-8-4-5-11-27(18)21(28)14-17-7-6-9-19(13-17)30-3/h6-7,9,13,15-16,18H,4-5,8,10-12,14H2,1-3H3,(H,23,29)/t18-/m1/s1. The molecule has 162 valence electrons. The molecule has 30 heavy (non-hydrogen) atoms. The number of carbonyl (C=O) groups excluding carboxylic acids is 2. The molecule has 0 radical (unpaired) electrons. The van der Waals surface area contributed by atoms with Crippen LogP contribution in [0.4, 0.5) is 0 Å². The molecule has 0 unspecified atom stereocenters. The van der Waals surface area contributed by atoms with Crippen LogP contribution in [0.1, 0.15) is 55.6 Å². The molecule has 1 fully saturated rings. The highest BCUT2D eigenvalue weighted by Crippen LogP contribution is 2.22. The highest BCUT2D eigenvalue weighted by atomic mass is 16.5. The van der Waals surface area contributed by atoms with Crippen LogP contribution in [0.2, 0.25) is 0 Å². The zero-order valence-corrected chi connectivity index (χ0v) is 18.0. The third kappa shape index (κ3) is 5.81. The van der Waals surface area contributed by atoms with Gasteiger partial charge in [0, 0.05) is 25.2 Å². The van der Waals surface area contributed by atoms with Crippen molar-refractivity contribution in [2.75, 3.05) is 13.7 Å². The van der Waals surface area contributed by atoms with E-state index in [0.717, 1.165) is 43.5 Å². The van der Waals surface area contributed by atoms with Crippen molar-refractivity contribution in [1.29, 1.82) is 0 Å². The fraction of sp³-hybridized carbons (Fsp3) is 0.545. The number of carbonyl (C=O) groups is 2. The van der Waals surface area contributed by atoms with Crippen LogP contribution >= 0.6 is 0 Å². The molecule has 3 rings (SSSR count). The topological polar surface area (TPSA) is 89.4 Å². The van der Waals surface area contributed by atoms with Gasteiger partial charge in [-0.05, 0) is 57.2 Å². The van der Waals surface area contributed by atoms with Crippen LogP contribution in [0.25, 0.3) is 0 Å². The van der Waals surface area contributed by atoms with E-state index in [1.165, 1.54) is 0 Å². The number of piperidine rings is 1.